The van der Waals surface area contributed by atoms with Crippen LogP contribution in [0.4, 0.5) is 5.69 Å². The Morgan fingerprint density at radius 1 is 0.931 bits per heavy atom. The van der Waals surface area contributed by atoms with Gasteiger partial charge >= 0.3 is 0 Å². The van der Waals surface area contributed by atoms with Crippen LogP contribution in [0.25, 0.3) is 6.08 Å². The Kier molecular flexibility index (Phi) is 3.78. The fraction of sp³-hybridized carbons (Fsp3) is 0.292. The van der Waals surface area contributed by atoms with Gasteiger partial charge in [-0.25, -0.2) is 4.90 Å². The summed E-state index contributed by atoms with van der Waals surface area (Å²) in [4.78, 5) is 42.9. The Morgan fingerprint density at radius 3 is 2.38 bits per heavy atom. The SMILES string of the molecule is CC(=O)C1C2C(=O)N(c3ccc(C)c(C)c3)C(=O)C2C2c3ccccc3C=CN12. The number of benzene rings is 2. The van der Waals surface area contributed by atoms with Crippen LogP contribution in [0, 0.1) is 25.7 Å². The predicted octanol–water partition coefficient (Wildman–Crippen LogP) is 3.41. The summed E-state index contributed by atoms with van der Waals surface area (Å²) in [7, 11) is 0. The third-order valence-electron chi connectivity index (χ3n) is 6.63. The average Bonchev–Trinajstić information content (AvgIpc) is 3.17. The summed E-state index contributed by atoms with van der Waals surface area (Å²) in [5, 5.41) is 0. The number of nitrogens with zero attached hydrogens (tertiary/aromatic N) is 2. The smallest absolute Gasteiger partial charge is 0.240 e. The molecule has 0 spiro atoms. The number of carbonyl (C=O) groups excluding carboxylic acids is 3. The van der Waals surface area contributed by atoms with E-state index in [0.717, 1.165) is 22.3 Å². The van der Waals surface area contributed by atoms with E-state index in [1.54, 1.807) is 0 Å². The number of carbonyl (C=O) groups is 3. The lowest BCUT2D eigenvalue weighted by molar-refractivity contribution is -0.129. The van der Waals surface area contributed by atoms with Crippen LogP contribution in [0.5, 0.6) is 0 Å². The quantitative estimate of drug-likeness (QED) is 0.743. The summed E-state index contributed by atoms with van der Waals surface area (Å²) in [6, 6.07) is 12.6. The number of aryl methyl sites for hydroxylation is 2. The lowest BCUT2D eigenvalue weighted by atomic mass is 9.84. The molecule has 146 valence electrons. The molecule has 5 nitrogen and oxygen atoms in total. The number of anilines is 1. The Bertz CT molecular complexity index is 1100. The van der Waals surface area contributed by atoms with Crippen molar-refractivity contribution in [3.05, 3.63) is 70.9 Å². The minimum atomic E-state index is -0.664. The van der Waals surface area contributed by atoms with Crippen LogP contribution in [0.3, 0.4) is 0 Å². The van der Waals surface area contributed by atoms with Crippen molar-refractivity contribution in [3.63, 3.8) is 0 Å². The molecule has 4 unspecified atom stereocenters. The third kappa shape index (κ3) is 2.36. The second-order valence-corrected chi connectivity index (χ2v) is 8.22. The van der Waals surface area contributed by atoms with E-state index in [4.69, 9.17) is 0 Å². The van der Waals surface area contributed by atoms with E-state index < -0.39 is 17.9 Å². The maximum absolute atomic E-state index is 13.6. The van der Waals surface area contributed by atoms with Gasteiger partial charge in [-0.05, 0) is 61.2 Å². The second kappa shape index (κ2) is 6.14. The van der Waals surface area contributed by atoms with Crippen LogP contribution in [-0.4, -0.2) is 28.5 Å². The number of hydrogen-bond acceptors (Lipinski definition) is 4. The van der Waals surface area contributed by atoms with E-state index >= 15 is 0 Å². The topological polar surface area (TPSA) is 57.7 Å². The van der Waals surface area contributed by atoms with Crippen LogP contribution in [0.15, 0.2) is 48.7 Å². The van der Waals surface area contributed by atoms with Gasteiger partial charge < -0.3 is 4.90 Å². The first-order chi connectivity index (χ1) is 13.9. The third-order valence-corrected chi connectivity index (χ3v) is 6.63. The maximum atomic E-state index is 13.6. The number of Topliss-reactive ketones (excluding diaryl/α,β-unsaturated/α-hetero) is 1. The lowest BCUT2D eigenvalue weighted by Crippen LogP contribution is -2.43. The van der Waals surface area contributed by atoms with Gasteiger partial charge in [-0.15, -0.1) is 0 Å². The highest BCUT2D eigenvalue weighted by Gasteiger charge is 2.63. The van der Waals surface area contributed by atoms with Crippen LogP contribution in [0.2, 0.25) is 0 Å². The molecule has 2 fully saturated rings. The molecule has 0 aromatic heterocycles. The number of fused-ring (bicyclic) bond motifs is 5. The highest BCUT2D eigenvalue weighted by Crippen LogP contribution is 2.53. The van der Waals surface area contributed by atoms with Gasteiger partial charge in [0.25, 0.3) is 0 Å². The Labute approximate surface area is 169 Å². The van der Waals surface area contributed by atoms with Crippen LogP contribution in [0.1, 0.15) is 35.2 Å². The molecule has 2 amide bonds. The minimum Gasteiger partial charge on any atom is -0.359 e. The Morgan fingerprint density at radius 2 is 1.66 bits per heavy atom. The minimum absolute atomic E-state index is 0.0883. The van der Waals surface area contributed by atoms with E-state index in [-0.39, 0.29) is 23.6 Å². The molecule has 3 aliphatic rings. The number of amides is 2. The van der Waals surface area contributed by atoms with Gasteiger partial charge in [-0.1, -0.05) is 30.3 Å². The van der Waals surface area contributed by atoms with Gasteiger partial charge in [0.1, 0.15) is 0 Å². The van der Waals surface area contributed by atoms with Crippen molar-refractivity contribution in [2.75, 3.05) is 4.90 Å². The highest BCUT2D eigenvalue weighted by molar-refractivity contribution is 6.24. The zero-order chi connectivity index (χ0) is 20.4. The van der Waals surface area contributed by atoms with Crippen molar-refractivity contribution in [1.82, 2.24) is 4.90 Å². The molecule has 0 N–H and O–H groups in total. The van der Waals surface area contributed by atoms with E-state index in [2.05, 4.69) is 0 Å². The summed E-state index contributed by atoms with van der Waals surface area (Å²) in [6.07, 6.45) is 3.83. The van der Waals surface area contributed by atoms with Crippen molar-refractivity contribution in [1.29, 1.82) is 0 Å². The van der Waals surface area contributed by atoms with E-state index in [1.807, 2.05) is 73.5 Å². The number of imide groups is 1. The molecule has 5 heteroatoms. The molecule has 0 aliphatic carbocycles. The molecular weight excluding hydrogens is 364 g/mol. The average molecular weight is 386 g/mol. The zero-order valence-electron chi connectivity index (χ0n) is 16.6. The van der Waals surface area contributed by atoms with E-state index in [9.17, 15) is 14.4 Å². The highest BCUT2D eigenvalue weighted by atomic mass is 16.2. The van der Waals surface area contributed by atoms with Crippen LogP contribution < -0.4 is 4.90 Å². The molecule has 4 atom stereocenters. The summed E-state index contributed by atoms with van der Waals surface area (Å²) in [6.45, 7) is 5.47. The maximum Gasteiger partial charge on any atom is 0.240 e. The van der Waals surface area contributed by atoms with Crippen LogP contribution in [-0.2, 0) is 14.4 Å². The zero-order valence-corrected chi connectivity index (χ0v) is 16.6. The van der Waals surface area contributed by atoms with E-state index in [1.165, 1.54) is 11.8 Å². The van der Waals surface area contributed by atoms with Crippen molar-refractivity contribution in [2.45, 2.75) is 32.9 Å². The van der Waals surface area contributed by atoms with Crippen molar-refractivity contribution < 1.29 is 14.4 Å². The first-order valence-corrected chi connectivity index (χ1v) is 9.90. The molecule has 0 bridgehead atoms. The fourth-order valence-corrected chi connectivity index (χ4v) is 5.14. The van der Waals surface area contributed by atoms with Gasteiger partial charge in [-0.3, -0.25) is 14.4 Å². The van der Waals surface area contributed by atoms with Gasteiger partial charge in [0.2, 0.25) is 11.8 Å². The van der Waals surface area contributed by atoms with Crippen molar-refractivity contribution >= 4 is 29.4 Å². The molecule has 5 rings (SSSR count). The van der Waals surface area contributed by atoms with Gasteiger partial charge in [-0.2, -0.15) is 0 Å². The summed E-state index contributed by atoms with van der Waals surface area (Å²) >= 11 is 0. The second-order valence-electron chi connectivity index (χ2n) is 8.22. The molecule has 0 saturated carbocycles. The van der Waals surface area contributed by atoms with Crippen molar-refractivity contribution in [2.24, 2.45) is 11.8 Å². The summed E-state index contributed by atoms with van der Waals surface area (Å²) in [5.41, 5.74) is 4.74. The van der Waals surface area contributed by atoms with Gasteiger partial charge in [0.15, 0.2) is 5.78 Å². The largest absolute Gasteiger partial charge is 0.359 e. The molecule has 3 aliphatic heterocycles. The molecule has 3 heterocycles. The molecule has 2 aromatic rings. The fourth-order valence-electron chi connectivity index (χ4n) is 5.14. The Hall–Kier alpha value is -3.21. The predicted molar refractivity (Wildman–Crippen MR) is 110 cm³/mol. The molecule has 29 heavy (non-hydrogen) atoms. The standard InChI is InChI=1S/C24H22N2O3/c1-13-8-9-17(12-14(13)2)26-23(28)19-20(24(26)29)22-18-7-5-4-6-16(18)10-11-25(22)21(19)15(3)27/h4-12,19-22H,1-3H3. The molecular formula is C24H22N2O3. The molecule has 2 aromatic carbocycles. The number of hydrogen-bond donors (Lipinski definition) is 0. The monoisotopic (exact) mass is 386 g/mol. The van der Waals surface area contributed by atoms with Gasteiger partial charge in [0.05, 0.1) is 29.6 Å². The first kappa shape index (κ1) is 17.9. The molecule has 0 radical (unpaired) electrons. The molecule has 2 saturated heterocycles. The first-order valence-electron chi connectivity index (χ1n) is 9.90. The Balaban J connectivity index is 1.65. The van der Waals surface area contributed by atoms with Gasteiger partial charge in [0, 0.05) is 6.20 Å². The number of ketones is 1. The summed E-state index contributed by atoms with van der Waals surface area (Å²) in [5.74, 6) is -1.81. The van der Waals surface area contributed by atoms with Crippen LogP contribution >= 0.6 is 0 Å². The van der Waals surface area contributed by atoms with Crippen molar-refractivity contribution in [3.8, 4) is 0 Å². The lowest BCUT2D eigenvalue weighted by Gasteiger charge is -2.35. The normalized spacial score (nSPS) is 27.1. The number of rotatable bonds is 2. The summed E-state index contributed by atoms with van der Waals surface area (Å²) < 4.78 is 0. The van der Waals surface area contributed by atoms with E-state index in [0.29, 0.717) is 5.69 Å².